The molecule has 65 heavy (non-hydrogen) atoms. The fourth-order valence-electron chi connectivity index (χ4n) is 8.97. The van der Waals surface area contributed by atoms with Crippen LogP contribution in [0.4, 0.5) is 22.7 Å². The van der Waals surface area contributed by atoms with Gasteiger partial charge in [-0.2, -0.15) is 12.1 Å². The first kappa shape index (κ1) is 43.8. The molecule has 1 aliphatic heterocycles. The molecule has 0 atom stereocenters. The number of rotatable bonds is 8. The fraction of sp³-hybridized carbons (Fsp3) is 0.186. The number of nitrogens with zero attached hydrogens (tertiary/aromatic N) is 4. The number of ether oxygens (including phenoxy) is 1. The van der Waals surface area contributed by atoms with Crippen molar-refractivity contribution in [2.24, 2.45) is 0 Å². The van der Waals surface area contributed by atoms with Gasteiger partial charge in [-0.25, -0.2) is 4.98 Å². The Hall–Kier alpha value is -6.42. The average molecular weight is 1030 g/mol. The smallest absolute Gasteiger partial charge is 0.135 e. The second kappa shape index (κ2) is 16.9. The Labute approximate surface area is 398 Å². The predicted octanol–water partition coefficient (Wildman–Crippen LogP) is 15.6. The van der Waals surface area contributed by atoms with Gasteiger partial charge in [0.15, 0.2) is 0 Å². The normalized spacial score (nSPS) is 13.0. The van der Waals surface area contributed by atoms with Crippen LogP contribution in [0, 0.1) is 18.8 Å². The van der Waals surface area contributed by atoms with E-state index in [0.717, 1.165) is 61.5 Å². The van der Waals surface area contributed by atoms with E-state index in [9.17, 15) is 0 Å². The molecule has 2 aromatic heterocycles. The number of para-hydroxylation sites is 1. The van der Waals surface area contributed by atoms with Crippen molar-refractivity contribution >= 4 is 44.6 Å². The van der Waals surface area contributed by atoms with Crippen LogP contribution in [0.2, 0.25) is 0 Å². The minimum Gasteiger partial charge on any atom is -0.509 e. The van der Waals surface area contributed by atoms with Gasteiger partial charge in [0, 0.05) is 72.3 Å². The van der Waals surface area contributed by atoms with Crippen LogP contribution in [-0.4, -0.2) is 9.55 Å². The molecule has 3 heterocycles. The quantitative estimate of drug-likeness (QED) is 0.142. The van der Waals surface area contributed by atoms with Gasteiger partial charge in [-0.3, -0.25) is 0 Å². The Morgan fingerprint density at radius 1 is 0.538 bits per heavy atom. The number of anilines is 4. The first-order valence-electron chi connectivity index (χ1n) is 22.2. The average Bonchev–Trinajstić information content (AvgIpc) is 3.85. The summed E-state index contributed by atoms with van der Waals surface area (Å²) < 4.78 is 8.97. The van der Waals surface area contributed by atoms with Crippen molar-refractivity contribution in [3.8, 4) is 28.4 Å². The summed E-state index contributed by atoms with van der Waals surface area (Å²) in [6, 6.07) is 65.4. The molecule has 7 aromatic carbocycles. The molecule has 0 unspecified atom stereocenters. The van der Waals surface area contributed by atoms with Crippen molar-refractivity contribution in [2.75, 3.05) is 9.80 Å². The second-order valence-electron chi connectivity index (χ2n) is 19.5. The molecule has 9 aromatic rings. The van der Waals surface area contributed by atoms with Gasteiger partial charge in [-0.05, 0) is 80.4 Å². The minimum absolute atomic E-state index is 0. The minimum atomic E-state index is -0.236. The van der Waals surface area contributed by atoms with Gasteiger partial charge in [0.2, 0.25) is 0 Å². The maximum absolute atomic E-state index is 6.73. The third-order valence-electron chi connectivity index (χ3n) is 12.8. The van der Waals surface area contributed by atoms with Gasteiger partial charge in [0.25, 0.3) is 0 Å². The predicted molar refractivity (Wildman–Crippen MR) is 266 cm³/mol. The molecule has 0 amide bonds. The van der Waals surface area contributed by atoms with Gasteiger partial charge in [0.05, 0.1) is 0 Å². The number of aromatic nitrogens is 2. The molecule has 6 heteroatoms. The van der Waals surface area contributed by atoms with E-state index in [1.54, 1.807) is 0 Å². The Kier molecular flexibility index (Phi) is 11.4. The topological polar surface area (TPSA) is 33.5 Å². The van der Waals surface area contributed by atoms with Gasteiger partial charge in [-0.1, -0.05) is 158 Å². The van der Waals surface area contributed by atoms with Crippen LogP contribution in [0.3, 0.4) is 0 Å². The van der Waals surface area contributed by atoms with E-state index >= 15 is 0 Å². The van der Waals surface area contributed by atoms with E-state index in [1.807, 2.05) is 24.4 Å². The molecule has 0 fully saturated rings. The summed E-state index contributed by atoms with van der Waals surface area (Å²) in [5.74, 6) is 2.03. The van der Waals surface area contributed by atoms with Crippen LogP contribution in [0.25, 0.3) is 38.8 Å². The van der Waals surface area contributed by atoms with Crippen molar-refractivity contribution in [1.29, 1.82) is 0 Å². The molecule has 1 aliphatic rings. The van der Waals surface area contributed by atoms with E-state index in [2.05, 4.69) is 234 Å². The maximum Gasteiger partial charge on any atom is 0.135 e. The van der Waals surface area contributed by atoms with Crippen molar-refractivity contribution in [1.82, 2.24) is 9.55 Å². The molecule has 0 spiro atoms. The van der Waals surface area contributed by atoms with Crippen molar-refractivity contribution in [2.45, 2.75) is 71.6 Å². The van der Waals surface area contributed by atoms with E-state index in [4.69, 9.17) is 9.72 Å². The van der Waals surface area contributed by atoms with E-state index in [0.29, 0.717) is 11.5 Å². The molecule has 0 aliphatic carbocycles. The first-order chi connectivity index (χ1) is 30.7. The van der Waals surface area contributed by atoms with Crippen LogP contribution in [0.1, 0.15) is 77.6 Å². The number of benzene rings is 7. The largest absolute Gasteiger partial charge is 0.509 e. The van der Waals surface area contributed by atoms with Crippen molar-refractivity contribution in [3.63, 3.8) is 0 Å². The zero-order chi connectivity index (χ0) is 44.4. The van der Waals surface area contributed by atoms with Crippen molar-refractivity contribution in [3.05, 3.63) is 211 Å². The molecule has 0 N–H and O–H groups in total. The maximum atomic E-state index is 6.73. The Bertz CT molecular complexity index is 3180. The Morgan fingerprint density at radius 2 is 1.22 bits per heavy atom. The molecule has 0 saturated carbocycles. The summed E-state index contributed by atoms with van der Waals surface area (Å²) in [7, 11) is 0. The van der Waals surface area contributed by atoms with E-state index < -0.39 is 0 Å². The summed E-state index contributed by atoms with van der Waals surface area (Å²) in [6.07, 6.45) is 1.93. The monoisotopic (exact) mass is 1030 g/mol. The summed E-state index contributed by atoms with van der Waals surface area (Å²) in [6.45, 7) is 20.3. The summed E-state index contributed by atoms with van der Waals surface area (Å²) in [4.78, 5) is 9.52. The molecular weight excluding hydrogens is 976 g/mol. The van der Waals surface area contributed by atoms with Gasteiger partial charge in [0.1, 0.15) is 5.82 Å². The van der Waals surface area contributed by atoms with Crippen molar-refractivity contribution < 1.29 is 25.8 Å². The van der Waals surface area contributed by atoms with E-state index in [1.165, 1.54) is 22.3 Å². The summed E-state index contributed by atoms with van der Waals surface area (Å²) in [5.41, 5.74) is 13.2. The summed E-state index contributed by atoms with van der Waals surface area (Å²) >= 11 is 0. The zero-order valence-corrected chi connectivity index (χ0v) is 40.5. The fourth-order valence-corrected chi connectivity index (χ4v) is 8.97. The Morgan fingerprint density at radius 3 is 1.97 bits per heavy atom. The molecule has 328 valence electrons. The van der Waals surface area contributed by atoms with Crippen LogP contribution in [-0.2, 0) is 37.3 Å². The van der Waals surface area contributed by atoms with Crippen LogP contribution < -0.4 is 14.5 Å². The number of hydrogen-bond acceptors (Lipinski definition) is 4. The van der Waals surface area contributed by atoms with Gasteiger partial charge in [-0.15, -0.1) is 48.1 Å². The van der Waals surface area contributed by atoms with Crippen LogP contribution >= 0.6 is 0 Å². The standard InChI is InChI=1S/C59H53N4O.Pt/c1-57(2,3)42-22-15-23-45(34-42)62-39-61(53-27-17-26-49(56(53)62)40-18-11-9-12-19-40)46-24-16-25-47(37-46)64-48-29-30-50-51-35-43(58(4,5)6)28-31-52(51)63(54(50)38-48)55-36-44(32-33-60-55)59(7,8)41-20-13-10-14-21-41;/h9-36,39H,1-8H3;/q-3;. The molecular formula is C59H53N4OPt-3. The number of pyridine rings is 1. The number of fused-ring (bicyclic) bond motifs is 4. The molecule has 0 saturated heterocycles. The first-order valence-corrected chi connectivity index (χ1v) is 22.2. The van der Waals surface area contributed by atoms with Gasteiger partial charge < -0.3 is 19.1 Å². The molecule has 5 nitrogen and oxygen atoms in total. The zero-order valence-electron chi connectivity index (χ0n) is 38.3. The third kappa shape index (κ3) is 8.17. The third-order valence-corrected chi connectivity index (χ3v) is 12.8. The second-order valence-corrected chi connectivity index (χ2v) is 19.5. The molecule has 10 rings (SSSR count). The van der Waals surface area contributed by atoms with E-state index in [-0.39, 0.29) is 37.3 Å². The van der Waals surface area contributed by atoms with Crippen LogP contribution in [0.5, 0.6) is 11.5 Å². The summed E-state index contributed by atoms with van der Waals surface area (Å²) in [5, 5.41) is 2.25. The Balaban J connectivity index is 0.00000533. The molecule has 0 bridgehead atoms. The SMILES string of the molecule is CC(C)(C)c1cccc(N2[CH-]N(c3[c-]c(Oc4[c-]c5c(cc4)c4cc(C(C)(C)C)ccc4n5-c4cc(C(C)(C)c5ccccc5)ccn4)ccc3)c3cccc(-c4ccccc4)c32)c1.[Pt]. The van der Waals surface area contributed by atoms with Crippen LogP contribution in [0.15, 0.2) is 170 Å². The van der Waals surface area contributed by atoms with Gasteiger partial charge >= 0.3 is 0 Å². The molecule has 0 radical (unpaired) electrons. The number of hydrogen-bond donors (Lipinski definition) is 0.